The van der Waals surface area contributed by atoms with E-state index in [1.165, 1.54) is 12.1 Å². The first-order valence-electron chi connectivity index (χ1n) is 9.90. The van der Waals surface area contributed by atoms with E-state index in [1.54, 1.807) is 0 Å². The van der Waals surface area contributed by atoms with Gasteiger partial charge in [-0.15, -0.1) is 0 Å². The van der Waals surface area contributed by atoms with E-state index < -0.39 is 0 Å². The minimum absolute atomic E-state index is 0.0644. The van der Waals surface area contributed by atoms with Gasteiger partial charge in [0.1, 0.15) is 5.52 Å². The van der Waals surface area contributed by atoms with Crippen LogP contribution in [0.5, 0.6) is 0 Å². The van der Waals surface area contributed by atoms with Gasteiger partial charge in [0.25, 0.3) is 5.91 Å². The van der Waals surface area contributed by atoms with Gasteiger partial charge in [-0.25, -0.2) is 4.98 Å². The Morgan fingerprint density at radius 2 is 2.04 bits per heavy atom. The van der Waals surface area contributed by atoms with Crippen LogP contribution in [0.1, 0.15) is 59.2 Å². The van der Waals surface area contributed by atoms with E-state index in [4.69, 9.17) is 4.42 Å². The van der Waals surface area contributed by atoms with E-state index in [0.717, 1.165) is 61.2 Å². The zero-order valence-electron chi connectivity index (χ0n) is 15.6. The number of benzene rings is 1. The number of fused-ring (bicyclic) bond motifs is 2. The summed E-state index contributed by atoms with van der Waals surface area (Å²) in [6.45, 7) is 1.43. The Hall–Kier alpha value is -2.63. The van der Waals surface area contributed by atoms with Crippen LogP contribution in [0.4, 0.5) is 0 Å². The molecule has 0 saturated carbocycles. The number of likely N-dealkylation sites (tertiary alicyclic amines) is 1. The molecule has 1 aromatic carbocycles. The monoisotopic (exact) mass is 364 g/mol. The Kier molecular flexibility index (Phi) is 3.99. The van der Waals surface area contributed by atoms with Crippen LogP contribution in [-0.2, 0) is 19.9 Å². The number of piperidine rings is 1. The lowest BCUT2D eigenvalue weighted by Crippen LogP contribution is -2.39. The lowest BCUT2D eigenvalue weighted by atomic mass is 9.94. The average Bonchev–Trinajstić information content (AvgIpc) is 3.29. The number of amides is 1. The smallest absolute Gasteiger partial charge is 0.274 e. The van der Waals surface area contributed by atoms with Gasteiger partial charge in [0.05, 0.1) is 5.92 Å². The Labute approximate surface area is 158 Å². The molecule has 1 atom stereocenters. The molecule has 5 rings (SSSR count). The van der Waals surface area contributed by atoms with Crippen LogP contribution in [0.3, 0.4) is 0 Å². The molecular weight excluding hydrogens is 340 g/mol. The largest absolute Gasteiger partial charge is 0.440 e. The minimum Gasteiger partial charge on any atom is -0.440 e. The van der Waals surface area contributed by atoms with Gasteiger partial charge in [0.15, 0.2) is 17.2 Å². The van der Waals surface area contributed by atoms with Gasteiger partial charge in [-0.1, -0.05) is 12.1 Å². The lowest BCUT2D eigenvalue weighted by molar-refractivity contribution is 0.0691. The number of oxazole rings is 1. The van der Waals surface area contributed by atoms with Crippen LogP contribution in [0.2, 0.25) is 0 Å². The number of nitrogens with zero attached hydrogens (tertiary/aromatic N) is 4. The van der Waals surface area contributed by atoms with Crippen molar-refractivity contribution in [2.24, 2.45) is 7.05 Å². The second-order valence-electron chi connectivity index (χ2n) is 7.71. The summed E-state index contributed by atoms with van der Waals surface area (Å²) in [4.78, 5) is 19.8. The Bertz CT molecular complexity index is 970. The third kappa shape index (κ3) is 2.83. The van der Waals surface area contributed by atoms with E-state index in [-0.39, 0.29) is 11.8 Å². The van der Waals surface area contributed by atoms with Gasteiger partial charge < -0.3 is 9.32 Å². The maximum absolute atomic E-state index is 13.2. The topological polar surface area (TPSA) is 64.2 Å². The fraction of sp³-hybridized carbons (Fsp3) is 0.476. The third-order valence-corrected chi connectivity index (χ3v) is 5.94. The molecule has 1 aliphatic heterocycles. The predicted octanol–water partition coefficient (Wildman–Crippen LogP) is 3.46. The summed E-state index contributed by atoms with van der Waals surface area (Å²) in [6.07, 6.45) is 6.28. The SMILES string of the molecule is Cn1nc(C(=O)N2CCC[C@H](c3nc4ccccc4o3)C2)c2c1CCCC2. The molecule has 27 heavy (non-hydrogen) atoms. The van der Waals surface area contributed by atoms with Crippen LogP contribution >= 0.6 is 0 Å². The van der Waals surface area contributed by atoms with Crippen LogP contribution < -0.4 is 0 Å². The molecule has 0 unspecified atom stereocenters. The van der Waals surface area contributed by atoms with Crippen LogP contribution in [0.25, 0.3) is 11.1 Å². The quantitative estimate of drug-likeness (QED) is 0.698. The van der Waals surface area contributed by atoms with Gasteiger partial charge in [-0.05, 0) is 50.7 Å². The van der Waals surface area contributed by atoms with Crippen molar-refractivity contribution in [3.63, 3.8) is 0 Å². The third-order valence-electron chi connectivity index (χ3n) is 5.94. The molecule has 6 heteroatoms. The standard InChI is InChI=1S/C21H24N4O2/c1-24-17-10-4-2-8-15(17)19(23-24)21(26)25-12-6-7-14(13-25)20-22-16-9-3-5-11-18(16)27-20/h3,5,9,11,14H,2,4,6-8,10,12-13H2,1H3/t14-/m0/s1. The molecule has 1 saturated heterocycles. The van der Waals surface area contributed by atoms with Crippen molar-refractivity contribution >= 4 is 17.0 Å². The highest BCUT2D eigenvalue weighted by Crippen LogP contribution is 2.31. The molecule has 1 fully saturated rings. The fourth-order valence-electron chi connectivity index (χ4n) is 4.52. The van der Waals surface area contributed by atoms with Gasteiger partial charge in [-0.3, -0.25) is 9.48 Å². The number of rotatable bonds is 2. The summed E-state index contributed by atoms with van der Waals surface area (Å²) < 4.78 is 7.87. The molecule has 1 amide bonds. The summed E-state index contributed by atoms with van der Waals surface area (Å²) >= 11 is 0. The van der Waals surface area contributed by atoms with Gasteiger partial charge >= 0.3 is 0 Å². The maximum atomic E-state index is 13.2. The van der Waals surface area contributed by atoms with Gasteiger partial charge in [-0.2, -0.15) is 5.10 Å². The first-order chi connectivity index (χ1) is 13.2. The Morgan fingerprint density at radius 1 is 1.19 bits per heavy atom. The van der Waals surface area contributed by atoms with Crippen molar-refractivity contribution in [3.05, 3.63) is 47.1 Å². The van der Waals surface area contributed by atoms with Crippen molar-refractivity contribution in [2.45, 2.75) is 44.4 Å². The maximum Gasteiger partial charge on any atom is 0.274 e. The van der Waals surface area contributed by atoms with Crippen molar-refractivity contribution < 1.29 is 9.21 Å². The summed E-state index contributed by atoms with van der Waals surface area (Å²) in [7, 11) is 1.96. The fourth-order valence-corrected chi connectivity index (χ4v) is 4.52. The van der Waals surface area contributed by atoms with E-state index in [0.29, 0.717) is 12.2 Å². The number of carbonyl (C=O) groups excluding carboxylic acids is 1. The van der Waals surface area contributed by atoms with Crippen molar-refractivity contribution in [3.8, 4) is 0 Å². The van der Waals surface area contributed by atoms with Crippen LogP contribution in [0, 0.1) is 0 Å². The molecule has 0 N–H and O–H groups in total. The Balaban J connectivity index is 1.40. The van der Waals surface area contributed by atoms with Crippen molar-refractivity contribution in [2.75, 3.05) is 13.1 Å². The predicted molar refractivity (Wildman–Crippen MR) is 102 cm³/mol. The zero-order chi connectivity index (χ0) is 18.4. The normalized spacial score (nSPS) is 20.0. The minimum atomic E-state index is 0.0644. The van der Waals surface area contributed by atoms with Gasteiger partial charge in [0.2, 0.25) is 0 Å². The number of hydrogen-bond donors (Lipinski definition) is 0. The first kappa shape index (κ1) is 16.5. The average molecular weight is 364 g/mol. The molecule has 2 aromatic heterocycles. The lowest BCUT2D eigenvalue weighted by Gasteiger charge is -2.31. The highest BCUT2D eigenvalue weighted by Gasteiger charge is 2.32. The summed E-state index contributed by atoms with van der Waals surface area (Å²) in [5.41, 5.74) is 4.75. The molecule has 2 aliphatic rings. The van der Waals surface area contributed by atoms with E-state index in [9.17, 15) is 4.79 Å². The number of carbonyl (C=O) groups is 1. The van der Waals surface area contributed by atoms with Crippen molar-refractivity contribution in [1.29, 1.82) is 0 Å². The molecule has 0 radical (unpaired) electrons. The molecule has 1 aliphatic carbocycles. The summed E-state index contributed by atoms with van der Waals surface area (Å²) in [6, 6.07) is 7.83. The molecule has 3 aromatic rings. The van der Waals surface area contributed by atoms with E-state index in [1.807, 2.05) is 40.9 Å². The Morgan fingerprint density at radius 3 is 2.93 bits per heavy atom. The second kappa shape index (κ2) is 6.51. The zero-order valence-corrected chi connectivity index (χ0v) is 15.6. The molecule has 6 nitrogen and oxygen atoms in total. The summed E-state index contributed by atoms with van der Waals surface area (Å²) in [5.74, 6) is 0.959. The number of para-hydroxylation sites is 2. The number of aryl methyl sites for hydroxylation is 1. The molecule has 140 valence electrons. The molecule has 0 bridgehead atoms. The number of hydrogen-bond acceptors (Lipinski definition) is 4. The first-order valence-corrected chi connectivity index (χ1v) is 9.90. The molecule has 0 spiro atoms. The van der Waals surface area contributed by atoms with E-state index >= 15 is 0 Å². The second-order valence-corrected chi connectivity index (χ2v) is 7.71. The van der Waals surface area contributed by atoms with E-state index in [2.05, 4.69) is 10.1 Å². The van der Waals surface area contributed by atoms with Gasteiger partial charge in [0, 0.05) is 31.4 Å². The van der Waals surface area contributed by atoms with Crippen LogP contribution in [-0.4, -0.2) is 38.7 Å². The highest BCUT2D eigenvalue weighted by molar-refractivity contribution is 5.94. The number of aromatic nitrogens is 3. The van der Waals surface area contributed by atoms with Crippen LogP contribution in [0.15, 0.2) is 28.7 Å². The highest BCUT2D eigenvalue weighted by atomic mass is 16.3. The summed E-state index contributed by atoms with van der Waals surface area (Å²) in [5, 5.41) is 4.59. The molecular formula is C21H24N4O2. The van der Waals surface area contributed by atoms with Crippen molar-refractivity contribution in [1.82, 2.24) is 19.7 Å². The molecule has 3 heterocycles.